The van der Waals surface area contributed by atoms with Crippen LogP contribution in [0.4, 0.5) is 5.69 Å². The predicted molar refractivity (Wildman–Crippen MR) is 101 cm³/mol. The number of aromatic nitrogens is 2. The fourth-order valence-corrected chi connectivity index (χ4v) is 2.37. The molecular weight excluding hydrogens is 344 g/mol. The molecule has 0 fully saturated rings. The Balaban J connectivity index is 1.66. The number of anilines is 1. The van der Waals surface area contributed by atoms with Gasteiger partial charge in [-0.05, 0) is 30.3 Å². The van der Waals surface area contributed by atoms with Crippen molar-refractivity contribution < 1.29 is 14.3 Å². The number of nitrogens with one attached hydrogen (secondary N) is 2. The number of nitrogens with zero attached hydrogens (tertiary/aromatic N) is 2. The highest BCUT2D eigenvalue weighted by Gasteiger charge is 2.12. The molecule has 3 rings (SSSR count). The lowest BCUT2D eigenvalue weighted by Gasteiger charge is -2.08. The Labute approximate surface area is 156 Å². The minimum atomic E-state index is -0.366. The number of hydrogen-bond donors (Lipinski definition) is 2. The molecule has 0 atom stereocenters. The zero-order chi connectivity index (χ0) is 19.1. The molecule has 136 valence electrons. The molecule has 27 heavy (non-hydrogen) atoms. The van der Waals surface area contributed by atoms with Gasteiger partial charge in [-0.25, -0.2) is 0 Å². The normalized spacial score (nSPS) is 10.1. The summed E-state index contributed by atoms with van der Waals surface area (Å²) >= 11 is 0. The van der Waals surface area contributed by atoms with Crippen LogP contribution in [0, 0.1) is 0 Å². The Hall–Kier alpha value is -3.74. The number of carbonyl (C=O) groups is 2. The molecule has 0 bridgehead atoms. The van der Waals surface area contributed by atoms with Crippen LogP contribution in [0.5, 0.6) is 5.75 Å². The van der Waals surface area contributed by atoms with Crippen molar-refractivity contribution in [3.05, 3.63) is 83.9 Å². The van der Waals surface area contributed by atoms with Crippen molar-refractivity contribution in [2.75, 3.05) is 12.4 Å². The van der Waals surface area contributed by atoms with Crippen molar-refractivity contribution in [2.45, 2.75) is 6.54 Å². The van der Waals surface area contributed by atoms with Gasteiger partial charge in [0.05, 0.1) is 30.5 Å². The molecule has 0 unspecified atom stereocenters. The van der Waals surface area contributed by atoms with E-state index in [-0.39, 0.29) is 17.4 Å². The third-order valence-electron chi connectivity index (χ3n) is 3.75. The van der Waals surface area contributed by atoms with E-state index in [1.165, 1.54) is 18.5 Å². The van der Waals surface area contributed by atoms with E-state index in [0.717, 1.165) is 5.69 Å². The van der Waals surface area contributed by atoms with Gasteiger partial charge in [0, 0.05) is 30.3 Å². The van der Waals surface area contributed by atoms with E-state index >= 15 is 0 Å². The van der Waals surface area contributed by atoms with Gasteiger partial charge in [0.15, 0.2) is 0 Å². The van der Waals surface area contributed by atoms with E-state index in [2.05, 4.69) is 20.6 Å². The number of carbonyl (C=O) groups excluding carboxylic acids is 2. The van der Waals surface area contributed by atoms with Crippen molar-refractivity contribution in [2.24, 2.45) is 0 Å². The second-order valence-electron chi connectivity index (χ2n) is 5.65. The molecule has 0 radical (unpaired) electrons. The van der Waals surface area contributed by atoms with Gasteiger partial charge in [-0.15, -0.1) is 0 Å². The smallest absolute Gasteiger partial charge is 0.257 e. The molecule has 3 aromatic rings. The van der Waals surface area contributed by atoms with Gasteiger partial charge in [-0.1, -0.05) is 12.1 Å². The molecule has 2 heterocycles. The standard InChI is InChI=1S/C20H18N4O3/c1-27-18-7-4-6-16(10-18)24-20(26)15-9-14(11-21-12-15)19(25)23-13-17-5-2-3-8-22-17/h2-12H,13H2,1H3,(H,23,25)(H,24,26). The number of amides is 2. The van der Waals surface area contributed by atoms with E-state index < -0.39 is 0 Å². The summed E-state index contributed by atoms with van der Waals surface area (Å²) in [5.74, 6) is -0.0621. The Kier molecular flexibility index (Phi) is 5.73. The Morgan fingerprint density at radius 3 is 2.56 bits per heavy atom. The topological polar surface area (TPSA) is 93.2 Å². The van der Waals surface area contributed by atoms with E-state index in [9.17, 15) is 9.59 Å². The quantitative estimate of drug-likeness (QED) is 0.703. The Morgan fingerprint density at radius 1 is 1.00 bits per heavy atom. The van der Waals surface area contributed by atoms with Crippen LogP contribution < -0.4 is 15.4 Å². The third kappa shape index (κ3) is 4.88. The number of methoxy groups -OCH3 is 1. The molecule has 0 saturated heterocycles. The van der Waals surface area contributed by atoms with Gasteiger partial charge in [-0.3, -0.25) is 19.6 Å². The molecule has 2 N–H and O–H groups in total. The molecule has 2 amide bonds. The minimum absolute atomic E-state index is 0.281. The maximum atomic E-state index is 12.4. The van der Waals surface area contributed by atoms with Gasteiger partial charge in [0.2, 0.25) is 0 Å². The number of benzene rings is 1. The zero-order valence-corrected chi connectivity index (χ0v) is 14.7. The minimum Gasteiger partial charge on any atom is -0.497 e. The summed E-state index contributed by atoms with van der Waals surface area (Å²) in [6.45, 7) is 0.292. The molecule has 0 saturated carbocycles. The average Bonchev–Trinajstić information content (AvgIpc) is 2.73. The molecule has 2 aromatic heterocycles. The van der Waals surface area contributed by atoms with Crippen LogP contribution in [0.15, 0.2) is 67.1 Å². The fourth-order valence-electron chi connectivity index (χ4n) is 2.37. The largest absolute Gasteiger partial charge is 0.497 e. The third-order valence-corrected chi connectivity index (χ3v) is 3.75. The van der Waals surface area contributed by atoms with Gasteiger partial charge < -0.3 is 15.4 Å². The molecule has 0 aliphatic rings. The summed E-state index contributed by atoms with van der Waals surface area (Å²) in [7, 11) is 1.55. The monoisotopic (exact) mass is 362 g/mol. The van der Waals surface area contributed by atoms with Crippen LogP contribution in [0.1, 0.15) is 26.4 Å². The summed E-state index contributed by atoms with van der Waals surface area (Å²) in [5, 5.41) is 5.51. The zero-order valence-electron chi connectivity index (χ0n) is 14.7. The predicted octanol–water partition coefficient (Wildman–Crippen LogP) is 2.67. The highest BCUT2D eigenvalue weighted by molar-refractivity contribution is 6.05. The van der Waals surface area contributed by atoms with Crippen LogP contribution in [-0.2, 0) is 6.54 Å². The van der Waals surface area contributed by atoms with E-state index in [0.29, 0.717) is 23.5 Å². The highest BCUT2D eigenvalue weighted by atomic mass is 16.5. The average molecular weight is 362 g/mol. The van der Waals surface area contributed by atoms with Crippen LogP contribution in [-0.4, -0.2) is 28.9 Å². The second kappa shape index (κ2) is 8.57. The number of hydrogen-bond acceptors (Lipinski definition) is 5. The lowest BCUT2D eigenvalue weighted by Crippen LogP contribution is -2.24. The van der Waals surface area contributed by atoms with E-state index in [1.54, 1.807) is 43.6 Å². The second-order valence-corrected chi connectivity index (χ2v) is 5.65. The number of pyridine rings is 2. The summed E-state index contributed by atoms with van der Waals surface area (Å²) in [5.41, 5.74) is 1.91. The number of rotatable bonds is 6. The first-order chi connectivity index (χ1) is 13.2. The van der Waals surface area contributed by atoms with Crippen molar-refractivity contribution in [1.82, 2.24) is 15.3 Å². The molecule has 0 spiro atoms. The first-order valence-corrected chi connectivity index (χ1v) is 8.24. The van der Waals surface area contributed by atoms with Crippen LogP contribution in [0.3, 0.4) is 0 Å². The number of ether oxygens (including phenoxy) is 1. The van der Waals surface area contributed by atoms with Crippen LogP contribution in [0.2, 0.25) is 0 Å². The Bertz CT molecular complexity index is 945. The molecule has 7 nitrogen and oxygen atoms in total. The van der Waals surface area contributed by atoms with E-state index in [4.69, 9.17) is 4.74 Å². The summed E-state index contributed by atoms with van der Waals surface area (Å²) < 4.78 is 5.13. The van der Waals surface area contributed by atoms with Crippen molar-refractivity contribution >= 4 is 17.5 Å². The van der Waals surface area contributed by atoms with Gasteiger partial charge in [0.1, 0.15) is 5.75 Å². The maximum absolute atomic E-state index is 12.4. The Morgan fingerprint density at radius 2 is 1.81 bits per heavy atom. The van der Waals surface area contributed by atoms with Gasteiger partial charge in [-0.2, -0.15) is 0 Å². The molecule has 1 aromatic carbocycles. The maximum Gasteiger partial charge on any atom is 0.257 e. The van der Waals surface area contributed by atoms with E-state index in [1.807, 2.05) is 12.1 Å². The van der Waals surface area contributed by atoms with Crippen LogP contribution >= 0.6 is 0 Å². The summed E-state index contributed by atoms with van der Waals surface area (Å²) in [6, 6.07) is 14.0. The fraction of sp³-hybridized carbons (Fsp3) is 0.100. The van der Waals surface area contributed by atoms with Crippen molar-refractivity contribution in [3.63, 3.8) is 0 Å². The molecule has 0 aliphatic carbocycles. The van der Waals surface area contributed by atoms with Gasteiger partial charge >= 0.3 is 0 Å². The van der Waals surface area contributed by atoms with Gasteiger partial charge in [0.25, 0.3) is 11.8 Å². The van der Waals surface area contributed by atoms with Crippen LogP contribution in [0.25, 0.3) is 0 Å². The SMILES string of the molecule is COc1cccc(NC(=O)c2cncc(C(=O)NCc3ccccn3)c2)c1. The summed E-state index contributed by atoms with van der Waals surface area (Å²) in [6.07, 6.45) is 4.48. The highest BCUT2D eigenvalue weighted by Crippen LogP contribution is 2.17. The molecule has 7 heteroatoms. The van der Waals surface area contributed by atoms with Crippen molar-refractivity contribution in [3.8, 4) is 5.75 Å². The molecule has 0 aliphatic heterocycles. The first-order valence-electron chi connectivity index (χ1n) is 8.24. The lowest BCUT2D eigenvalue weighted by molar-refractivity contribution is 0.0950. The van der Waals surface area contributed by atoms with Crippen molar-refractivity contribution in [1.29, 1.82) is 0 Å². The first kappa shape index (κ1) is 18.1. The summed E-state index contributed by atoms with van der Waals surface area (Å²) in [4.78, 5) is 32.9. The lowest BCUT2D eigenvalue weighted by atomic mass is 10.1. The molecular formula is C20H18N4O3.